The van der Waals surface area contributed by atoms with E-state index in [9.17, 15) is 0 Å². The van der Waals surface area contributed by atoms with Crippen LogP contribution in [0.25, 0.3) is 0 Å². The normalized spacial score (nSPS) is 11.8. The van der Waals surface area contributed by atoms with Gasteiger partial charge in [-0.15, -0.1) is 0 Å². The quantitative estimate of drug-likeness (QED) is 0.480. The molecule has 0 amide bonds. The third-order valence-electron chi connectivity index (χ3n) is 3.19. The molecule has 1 nitrogen and oxygen atoms in total. The van der Waals surface area contributed by atoms with Gasteiger partial charge in [-0.05, 0) is 27.7 Å². The van der Waals surface area contributed by atoms with E-state index in [1.807, 2.05) is 18.2 Å². The van der Waals surface area contributed by atoms with Crippen molar-refractivity contribution in [2.45, 2.75) is 92.2 Å². The summed E-state index contributed by atoms with van der Waals surface area (Å²) in [6.45, 7) is 30.8. The second-order valence-corrected chi connectivity index (χ2v) is 47.7. The van der Waals surface area contributed by atoms with Gasteiger partial charge >= 0.3 is 0 Å². The van der Waals surface area contributed by atoms with Gasteiger partial charge in [-0.25, -0.2) is 0 Å². The molecule has 0 atom stereocenters. The van der Waals surface area contributed by atoms with Crippen LogP contribution in [-0.2, 0) is 17.1 Å². The van der Waals surface area contributed by atoms with Crippen molar-refractivity contribution in [3.63, 3.8) is 0 Å². The third-order valence-corrected chi connectivity index (χ3v) is 61.7. The first-order chi connectivity index (χ1) is 10.8. The van der Waals surface area contributed by atoms with Crippen LogP contribution >= 0.6 is 0 Å². The van der Waals surface area contributed by atoms with Crippen LogP contribution in [0.4, 0.5) is 0 Å². The Labute approximate surface area is 228 Å². The minimum atomic E-state index is -0.832. The van der Waals surface area contributed by atoms with Crippen LogP contribution in [0.5, 0.6) is 0 Å². The molecule has 0 aliphatic rings. The van der Waals surface area contributed by atoms with Gasteiger partial charge in [-0.2, -0.15) is 0 Å². The number of hydrogen-bond donors (Lipinski definition) is 1. The fourth-order valence-electron chi connectivity index (χ4n) is 3.91. The minimum Gasteiger partial charge on any atom is -0.391 e. The predicted octanol–water partition coefficient (Wildman–Crippen LogP) is 6.12. The SMILES string of the molecule is CC(C)(C)O.C[Si](C)(C)[Si]([Si](C)(C)C)[Si](C)(C)C.Cc1ccccc1.[Cu].[K]. The van der Waals surface area contributed by atoms with Crippen molar-refractivity contribution >= 4 is 81.5 Å². The van der Waals surface area contributed by atoms with Crippen molar-refractivity contribution in [2.75, 3.05) is 0 Å². The molecule has 0 bridgehead atoms. The molecule has 0 spiro atoms. The van der Waals surface area contributed by atoms with Gasteiger partial charge in [-0.3, -0.25) is 0 Å². The van der Waals surface area contributed by atoms with Crippen LogP contribution in [0.1, 0.15) is 26.3 Å². The number of hydrogen-bond acceptors (Lipinski definition) is 1. The summed E-state index contributed by atoms with van der Waals surface area (Å²) in [5.74, 6) is 0. The summed E-state index contributed by atoms with van der Waals surface area (Å²) in [4.78, 5) is 0. The molecule has 0 aliphatic carbocycles. The van der Waals surface area contributed by atoms with Gasteiger partial charge in [0.2, 0.25) is 0 Å². The fraction of sp³-hybridized carbons (Fsp3) is 0.700. The van der Waals surface area contributed by atoms with Crippen molar-refractivity contribution in [1.82, 2.24) is 0 Å². The number of rotatable bonds is 3. The molecule has 1 aromatic carbocycles. The van der Waals surface area contributed by atoms with Crippen LogP contribution in [0, 0.1) is 6.92 Å². The molecule has 159 valence electrons. The molecule has 0 aliphatic heterocycles. The second kappa shape index (κ2) is 15.1. The molecule has 1 aromatic rings. The molecule has 27 heavy (non-hydrogen) atoms. The Hall–Kier alpha value is 2.20. The van der Waals surface area contributed by atoms with Gasteiger partial charge in [0.1, 0.15) is 0 Å². The zero-order valence-corrected chi connectivity index (χ0v) is 28.7. The Morgan fingerprint density at radius 3 is 1.00 bits per heavy atom. The molecule has 0 heterocycles. The number of aryl methyl sites for hydroxylation is 1. The summed E-state index contributed by atoms with van der Waals surface area (Å²) >= 11 is 0. The van der Waals surface area contributed by atoms with Crippen molar-refractivity contribution in [3.05, 3.63) is 35.9 Å². The molecular weight excluding hydrogens is 471 g/mol. The van der Waals surface area contributed by atoms with Gasteiger partial charge in [0.05, 0.1) is 5.60 Å². The van der Waals surface area contributed by atoms with E-state index in [4.69, 9.17) is 5.11 Å². The molecule has 3 radical (unpaired) electrons. The molecule has 0 saturated heterocycles. The monoisotopic (exact) mass is 515 g/mol. The zero-order valence-electron chi connectivity index (χ0n) is 20.6. The van der Waals surface area contributed by atoms with E-state index in [2.05, 4.69) is 78.0 Å². The number of benzene rings is 1. The van der Waals surface area contributed by atoms with Crippen LogP contribution in [0.15, 0.2) is 30.3 Å². The molecule has 0 unspecified atom stereocenters. The van der Waals surface area contributed by atoms with Crippen LogP contribution in [0.3, 0.4) is 0 Å². The maximum absolute atomic E-state index is 8.52. The van der Waals surface area contributed by atoms with E-state index >= 15 is 0 Å². The van der Waals surface area contributed by atoms with E-state index in [0.717, 1.165) is 0 Å². The van der Waals surface area contributed by atoms with Crippen LogP contribution in [0.2, 0.25) is 58.9 Å². The van der Waals surface area contributed by atoms with Crippen LogP contribution in [-0.4, -0.2) is 92.2 Å². The molecule has 0 fully saturated rings. The standard InChI is InChI=1S/C9H27Si4.C7H8.C4H10O.Cu.K/c1-11(2,3)10(12(4,5)6)13(7,8)9;1-7-5-3-2-4-6-7;1-4(2,3)5;;/h1-9H3;2-6H,1H3;5H,1-3H3;;. The maximum Gasteiger partial charge on any atom is 0.0563 e. The van der Waals surface area contributed by atoms with E-state index in [1.54, 1.807) is 20.8 Å². The van der Waals surface area contributed by atoms with Gasteiger partial charge < -0.3 is 5.11 Å². The molecule has 1 N–H and O–H groups in total. The van der Waals surface area contributed by atoms with Gasteiger partial charge in [0.15, 0.2) is 0 Å². The Morgan fingerprint density at radius 1 is 0.704 bits per heavy atom. The first-order valence-corrected chi connectivity index (χ1v) is 24.4. The maximum atomic E-state index is 8.52. The van der Waals surface area contributed by atoms with Crippen molar-refractivity contribution < 1.29 is 22.2 Å². The van der Waals surface area contributed by atoms with E-state index in [0.29, 0.717) is 0 Å². The summed E-state index contributed by atoms with van der Waals surface area (Å²) < 4.78 is 0. The van der Waals surface area contributed by atoms with Crippen LogP contribution < -0.4 is 0 Å². The first kappa shape index (κ1) is 36.6. The number of aliphatic hydroxyl groups is 1. The Kier molecular flexibility index (Phi) is 20.4. The van der Waals surface area contributed by atoms with E-state index in [1.165, 1.54) is 5.56 Å². The first-order valence-electron chi connectivity index (χ1n) is 9.38. The topological polar surface area (TPSA) is 20.2 Å². The molecule has 0 aromatic heterocycles. The second-order valence-electron chi connectivity index (χ2n) is 11.0. The third kappa shape index (κ3) is 24.3. The Morgan fingerprint density at radius 2 is 0.926 bits per heavy atom. The average Bonchev–Trinajstić information content (AvgIpc) is 2.21. The van der Waals surface area contributed by atoms with Crippen molar-refractivity contribution in [1.29, 1.82) is 0 Å². The van der Waals surface area contributed by atoms with E-state index in [-0.39, 0.29) is 75.8 Å². The summed E-state index contributed by atoms with van der Waals surface area (Å²) in [6, 6.07) is 10.3. The average molecular weight is 517 g/mol. The summed E-state index contributed by atoms with van der Waals surface area (Å²) in [5, 5.41) is 8.52. The predicted molar refractivity (Wildman–Crippen MR) is 135 cm³/mol. The smallest absolute Gasteiger partial charge is 0.0563 e. The van der Waals surface area contributed by atoms with Gasteiger partial charge in [-0.1, -0.05) is 94.8 Å². The molecule has 0 saturated carbocycles. The minimum absolute atomic E-state index is 0. The Balaban J connectivity index is -0.000000160. The van der Waals surface area contributed by atoms with E-state index < -0.39 is 28.4 Å². The van der Waals surface area contributed by atoms with Crippen molar-refractivity contribution in [2.24, 2.45) is 0 Å². The molecular formula is C20H45CuKOSi4. The molecule has 7 heteroatoms. The van der Waals surface area contributed by atoms with Crippen molar-refractivity contribution in [3.8, 4) is 0 Å². The summed E-state index contributed by atoms with van der Waals surface area (Å²) in [7, 11) is -2.47. The Bertz CT molecular complexity index is 433. The largest absolute Gasteiger partial charge is 0.391 e. The molecule has 1 rings (SSSR count). The summed E-state index contributed by atoms with van der Waals surface area (Å²) in [5.41, 5.74) is 0.822. The summed E-state index contributed by atoms with van der Waals surface area (Å²) in [6.07, 6.45) is 0. The fourth-order valence-corrected chi connectivity index (χ4v) is 91.7. The zero-order chi connectivity index (χ0) is 20.7. The van der Waals surface area contributed by atoms with Gasteiger partial charge in [0.25, 0.3) is 0 Å². The van der Waals surface area contributed by atoms with Gasteiger partial charge in [0, 0.05) is 98.6 Å².